The molecule has 0 aliphatic carbocycles. The number of urea groups is 1. The molecule has 10 nitrogen and oxygen atoms in total. The number of benzene rings is 2. The molecule has 3 heterocycles. The Kier molecular flexibility index (Phi) is 7.56. The maximum Gasteiger partial charge on any atom is 0.318 e. The van der Waals surface area contributed by atoms with Crippen molar-refractivity contribution in [1.82, 2.24) is 29.8 Å². The molecule has 2 fully saturated rings. The van der Waals surface area contributed by atoms with Crippen LogP contribution in [0.3, 0.4) is 0 Å². The summed E-state index contributed by atoms with van der Waals surface area (Å²) in [5.41, 5.74) is 1.40. The van der Waals surface area contributed by atoms with Gasteiger partial charge in [0, 0.05) is 56.7 Å². The Morgan fingerprint density at radius 1 is 1.11 bits per heavy atom. The zero-order valence-corrected chi connectivity index (χ0v) is 21.5. The first-order valence-corrected chi connectivity index (χ1v) is 13.8. The number of hydrogen-bond acceptors (Lipinski definition) is 7. The van der Waals surface area contributed by atoms with Gasteiger partial charge in [0.2, 0.25) is 15.9 Å². The zero-order valence-electron chi connectivity index (χ0n) is 20.0. The molecule has 12 heteroatoms. The number of carbonyl (C=O) groups excluding carboxylic acids is 1. The van der Waals surface area contributed by atoms with Crippen LogP contribution in [-0.2, 0) is 10.0 Å². The number of amides is 2. The first kappa shape index (κ1) is 25.4. The first-order chi connectivity index (χ1) is 17.9. The Hall–Kier alpha value is -3.25. The second-order valence-corrected chi connectivity index (χ2v) is 11.4. The minimum absolute atomic E-state index is 0.0142. The summed E-state index contributed by atoms with van der Waals surface area (Å²) < 4.78 is 35.0. The minimum atomic E-state index is -3.77. The van der Waals surface area contributed by atoms with E-state index in [4.69, 9.17) is 16.3 Å². The smallest absolute Gasteiger partial charge is 0.318 e. The van der Waals surface area contributed by atoms with Gasteiger partial charge in [-0.1, -0.05) is 35.9 Å². The lowest BCUT2D eigenvalue weighted by molar-refractivity contribution is 0.203. The summed E-state index contributed by atoms with van der Waals surface area (Å²) in [6.45, 7) is 2.25. The van der Waals surface area contributed by atoms with E-state index in [0.717, 1.165) is 5.56 Å². The molecule has 2 aliphatic heterocycles. The number of sulfonamides is 1. The van der Waals surface area contributed by atoms with E-state index in [0.29, 0.717) is 54.9 Å². The minimum Gasteiger partial charge on any atom is -0.437 e. The fraction of sp³-hybridized carbons (Fsp3) is 0.320. The lowest BCUT2D eigenvalue weighted by atomic mass is 10.1. The Balaban J connectivity index is 1.44. The van der Waals surface area contributed by atoms with E-state index in [1.54, 1.807) is 41.4 Å². The van der Waals surface area contributed by atoms with Gasteiger partial charge in [0.25, 0.3) is 0 Å². The predicted molar refractivity (Wildman–Crippen MR) is 139 cm³/mol. The van der Waals surface area contributed by atoms with Crippen LogP contribution in [-0.4, -0.2) is 72.9 Å². The molecule has 3 aromatic rings. The SMILES string of the molecule is O=C1NC[C@H](c2cccc(Oc3cnccn3)c2)N1CC(c1ccc(Cl)cc1)S(=O)(=O)N1CCNCC1. The van der Waals surface area contributed by atoms with E-state index in [1.165, 1.54) is 16.7 Å². The molecule has 194 valence electrons. The molecular weight excluding hydrogens is 516 g/mol. The molecule has 2 aromatic carbocycles. The van der Waals surface area contributed by atoms with Crippen molar-refractivity contribution in [2.45, 2.75) is 11.3 Å². The van der Waals surface area contributed by atoms with Gasteiger partial charge in [0.15, 0.2) is 0 Å². The van der Waals surface area contributed by atoms with Crippen LogP contribution in [0.1, 0.15) is 22.4 Å². The Morgan fingerprint density at radius 2 is 1.89 bits per heavy atom. The van der Waals surface area contributed by atoms with Crippen molar-refractivity contribution in [1.29, 1.82) is 0 Å². The van der Waals surface area contributed by atoms with E-state index < -0.39 is 15.3 Å². The number of rotatable bonds is 8. The quantitative estimate of drug-likeness (QED) is 0.449. The van der Waals surface area contributed by atoms with Crippen LogP contribution < -0.4 is 15.4 Å². The highest BCUT2D eigenvalue weighted by Gasteiger charge is 2.40. The third-order valence-electron chi connectivity index (χ3n) is 6.49. The Morgan fingerprint density at radius 3 is 2.62 bits per heavy atom. The fourth-order valence-electron chi connectivity index (χ4n) is 4.60. The second-order valence-electron chi connectivity index (χ2n) is 8.81. The summed E-state index contributed by atoms with van der Waals surface area (Å²) in [4.78, 5) is 22.7. The molecule has 1 aromatic heterocycles. The van der Waals surface area contributed by atoms with Gasteiger partial charge in [-0.05, 0) is 35.4 Å². The summed E-state index contributed by atoms with van der Waals surface area (Å²) in [7, 11) is -3.77. The molecule has 5 rings (SSSR count). The van der Waals surface area contributed by atoms with Gasteiger partial charge in [-0.25, -0.2) is 18.2 Å². The summed E-state index contributed by atoms with van der Waals surface area (Å²) >= 11 is 6.09. The van der Waals surface area contributed by atoms with Gasteiger partial charge in [-0.15, -0.1) is 0 Å². The van der Waals surface area contributed by atoms with E-state index in [-0.39, 0.29) is 18.6 Å². The molecule has 2 atom stereocenters. The molecule has 37 heavy (non-hydrogen) atoms. The van der Waals surface area contributed by atoms with Crippen molar-refractivity contribution < 1.29 is 17.9 Å². The molecule has 2 amide bonds. The highest BCUT2D eigenvalue weighted by molar-refractivity contribution is 7.89. The third-order valence-corrected chi connectivity index (χ3v) is 8.97. The third kappa shape index (κ3) is 5.69. The molecule has 2 N–H and O–H groups in total. The molecule has 2 aliphatic rings. The van der Waals surface area contributed by atoms with Crippen LogP contribution in [0.4, 0.5) is 4.79 Å². The highest BCUT2D eigenvalue weighted by atomic mass is 35.5. The lowest BCUT2D eigenvalue weighted by Gasteiger charge is -2.34. The molecule has 0 saturated carbocycles. The summed E-state index contributed by atoms with van der Waals surface area (Å²) in [5.74, 6) is 0.891. The molecule has 1 unspecified atom stereocenters. The number of hydrogen-bond donors (Lipinski definition) is 2. The van der Waals surface area contributed by atoms with E-state index in [2.05, 4.69) is 20.6 Å². The largest absolute Gasteiger partial charge is 0.437 e. The van der Waals surface area contributed by atoms with E-state index >= 15 is 0 Å². The monoisotopic (exact) mass is 542 g/mol. The predicted octanol–water partition coefficient (Wildman–Crippen LogP) is 2.96. The van der Waals surface area contributed by atoms with Gasteiger partial charge < -0.3 is 20.3 Å². The number of nitrogens with zero attached hydrogens (tertiary/aromatic N) is 4. The van der Waals surface area contributed by atoms with Crippen molar-refractivity contribution in [2.75, 3.05) is 39.3 Å². The van der Waals surface area contributed by atoms with Crippen molar-refractivity contribution in [3.05, 3.63) is 83.3 Å². The summed E-state index contributed by atoms with van der Waals surface area (Å²) in [5, 5.41) is 5.62. The number of halogens is 1. The first-order valence-electron chi connectivity index (χ1n) is 12.0. The number of piperazine rings is 1. The standard InChI is InChI=1S/C25H27ClN6O4S/c26-20-6-4-18(5-7-20)23(37(34,35)31-12-10-27-11-13-31)17-32-22(15-30-25(32)33)19-2-1-3-21(14-19)36-24-16-28-8-9-29-24/h1-9,14,16,22-23,27H,10-13,15,17H2,(H,30,33)/t22-,23?/m1/s1. The average Bonchev–Trinajstić information content (AvgIpc) is 3.29. The molecule has 2 saturated heterocycles. The van der Waals surface area contributed by atoms with Crippen LogP contribution in [0.15, 0.2) is 67.1 Å². The van der Waals surface area contributed by atoms with Crippen molar-refractivity contribution in [2.24, 2.45) is 0 Å². The van der Waals surface area contributed by atoms with Crippen LogP contribution in [0.25, 0.3) is 0 Å². The Bertz CT molecular complexity index is 1340. The van der Waals surface area contributed by atoms with Crippen LogP contribution in [0.2, 0.25) is 5.02 Å². The van der Waals surface area contributed by atoms with Crippen LogP contribution in [0, 0.1) is 0 Å². The van der Waals surface area contributed by atoms with E-state index in [9.17, 15) is 13.2 Å². The summed E-state index contributed by atoms with van der Waals surface area (Å²) in [6, 6.07) is 13.4. The Labute approximate surface area is 220 Å². The van der Waals surface area contributed by atoms with Gasteiger partial charge in [0.05, 0.1) is 12.2 Å². The number of ether oxygens (including phenoxy) is 1. The van der Waals surface area contributed by atoms with E-state index in [1.807, 2.05) is 18.2 Å². The lowest BCUT2D eigenvalue weighted by Crippen LogP contribution is -2.49. The van der Waals surface area contributed by atoms with Gasteiger partial charge in [0.1, 0.15) is 11.0 Å². The van der Waals surface area contributed by atoms with Crippen LogP contribution >= 0.6 is 11.6 Å². The fourth-order valence-corrected chi connectivity index (χ4v) is 6.62. The zero-order chi connectivity index (χ0) is 25.8. The molecular formula is C25H27ClN6O4S. The van der Waals surface area contributed by atoms with Gasteiger partial charge >= 0.3 is 6.03 Å². The number of aromatic nitrogens is 2. The molecule has 0 spiro atoms. The van der Waals surface area contributed by atoms with Crippen molar-refractivity contribution >= 4 is 27.7 Å². The maximum atomic E-state index is 13.8. The van der Waals surface area contributed by atoms with Crippen LogP contribution in [0.5, 0.6) is 11.6 Å². The van der Waals surface area contributed by atoms with Crippen molar-refractivity contribution in [3.8, 4) is 11.6 Å². The maximum absolute atomic E-state index is 13.8. The topological polar surface area (TPSA) is 117 Å². The number of nitrogens with one attached hydrogen (secondary N) is 2. The molecule has 0 radical (unpaired) electrons. The van der Waals surface area contributed by atoms with Crippen molar-refractivity contribution in [3.63, 3.8) is 0 Å². The average molecular weight is 543 g/mol. The number of carbonyl (C=O) groups is 1. The van der Waals surface area contributed by atoms with Gasteiger partial charge in [-0.2, -0.15) is 4.31 Å². The summed E-state index contributed by atoms with van der Waals surface area (Å²) in [6.07, 6.45) is 4.61. The normalized spacial score (nSPS) is 19.4. The molecule has 0 bridgehead atoms. The van der Waals surface area contributed by atoms with Gasteiger partial charge in [-0.3, -0.25) is 4.98 Å². The highest BCUT2D eigenvalue weighted by Crippen LogP contribution is 2.34. The second kappa shape index (κ2) is 11.0.